The van der Waals surface area contributed by atoms with Crippen LogP contribution < -0.4 is 10.6 Å². The van der Waals surface area contributed by atoms with E-state index in [1.165, 1.54) is 0 Å². The summed E-state index contributed by atoms with van der Waals surface area (Å²) in [6.07, 6.45) is 3.46. The van der Waals surface area contributed by atoms with Gasteiger partial charge in [-0.2, -0.15) is 0 Å². The fraction of sp³-hybridized carbons (Fsp3) is 0.588. The van der Waals surface area contributed by atoms with Gasteiger partial charge in [-0.1, -0.05) is 26.0 Å². The average Bonchev–Trinajstić information content (AvgIpc) is 2.41. The molecule has 4 nitrogen and oxygen atoms in total. The molecule has 1 aliphatic carbocycles. The number of urea groups is 1. The molecule has 0 spiro atoms. The van der Waals surface area contributed by atoms with Gasteiger partial charge in [0.2, 0.25) is 0 Å². The molecule has 1 fully saturated rings. The summed E-state index contributed by atoms with van der Waals surface area (Å²) in [4.78, 5) is 11.9. The summed E-state index contributed by atoms with van der Waals surface area (Å²) in [5.41, 5.74) is 1.40. The first-order valence-electron chi connectivity index (χ1n) is 7.62. The Morgan fingerprint density at radius 1 is 1.24 bits per heavy atom. The minimum Gasteiger partial charge on any atom is -0.388 e. The van der Waals surface area contributed by atoms with Crippen molar-refractivity contribution in [3.63, 3.8) is 0 Å². The van der Waals surface area contributed by atoms with E-state index in [9.17, 15) is 9.90 Å². The first-order chi connectivity index (χ1) is 9.78. The van der Waals surface area contributed by atoms with Crippen molar-refractivity contribution in [3.8, 4) is 0 Å². The smallest absolute Gasteiger partial charge is 0.319 e. The molecular weight excluding hydrogens is 264 g/mol. The molecule has 2 amide bonds. The van der Waals surface area contributed by atoms with Crippen LogP contribution in [0.5, 0.6) is 0 Å². The molecule has 1 aromatic rings. The van der Waals surface area contributed by atoms with Crippen molar-refractivity contribution in [2.75, 3.05) is 11.9 Å². The standard InChI is InChI=1S/C17H26N2O2/c1-13-5-4-6-14(11-13)19-15(20)18-12-17(21)9-7-16(2,3)8-10-17/h4-6,11,21H,7-10,12H2,1-3H3,(H2,18,19,20). The number of benzene rings is 1. The highest BCUT2D eigenvalue weighted by atomic mass is 16.3. The number of nitrogens with one attached hydrogen (secondary N) is 2. The Kier molecular flexibility index (Phi) is 4.57. The fourth-order valence-electron chi connectivity index (χ4n) is 2.71. The van der Waals surface area contributed by atoms with E-state index < -0.39 is 5.60 Å². The molecule has 4 heteroatoms. The third-order valence-electron chi connectivity index (χ3n) is 4.39. The number of hydrogen-bond donors (Lipinski definition) is 3. The summed E-state index contributed by atoms with van der Waals surface area (Å²) >= 11 is 0. The maximum absolute atomic E-state index is 11.9. The Bertz CT molecular complexity index is 501. The maximum atomic E-state index is 11.9. The van der Waals surface area contributed by atoms with Crippen LogP contribution in [-0.2, 0) is 0 Å². The van der Waals surface area contributed by atoms with E-state index in [0.717, 1.165) is 36.9 Å². The van der Waals surface area contributed by atoms with Gasteiger partial charge >= 0.3 is 6.03 Å². The molecule has 21 heavy (non-hydrogen) atoms. The number of aryl methyl sites for hydroxylation is 1. The zero-order valence-electron chi connectivity index (χ0n) is 13.2. The topological polar surface area (TPSA) is 61.4 Å². The molecule has 0 bridgehead atoms. The molecule has 1 aromatic carbocycles. The highest BCUT2D eigenvalue weighted by molar-refractivity contribution is 5.89. The summed E-state index contributed by atoms with van der Waals surface area (Å²) in [6.45, 7) is 6.74. The Balaban J connectivity index is 1.81. The second kappa shape index (κ2) is 6.06. The Morgan fingerprint density at radius 2 is 1.90 bits per heavy atom. The highest BCUT2D eigenvalue weighted by Gasteiger charge is 2.36. The number of carbonyl (C=O) groups excluding carboxylic acids is 1. The summed E-state index contributed by atoms with van der Waals surface area (Å²) in [7, 11) is 0. The van der Waals surface area contributed by atoms with Crippen molar-refractivity contribution in [1.29, 1.82) is 0 Å². The normalized spacial score (nSPS) is 19.8. The maximum Gasteiger partial charge on any atom is 0.319 e. The molecule has 2 rings (SSSR count). The number of amides is 2. The van der Waals surface area contributed by atoms with Gasteiger partial charge in [0.1, 0.15) is 0 Å². The lowest BCUT2D eigenvalue weighted by Crippen LogP contribution is -2.47. The Morgan fingerprint density at radius 3 is 2.52 bits per heavy atom. The third-order valence-corrected chi connectivity index (χ3v) is 4.39. The minimum atomic E-state index is -0.764. The zero-order chi connectivity index (χ0) is 15.5. The summed E-state index contributed by atoms with van der Waals surface area (Å²) < 4.78 is 0. The summed E-state index contributed by atoms with van der Waals surface area (Å²) in [5, 5.41) is 16.1. The van der Waals surface area contributed by atoms with Gasteiger partial charge in [0.05, 0.1) is 5.60 Å². The lowest BCUT2D eigenvalue weighted by Gasteiger charge is -2.40. The molecule has 0 atom stereocenters. The molecule has 3 N–H and O–H groups in total. The molecule has 0 radical (unpaired) electrons. The Labute approximate surface area is 126 Å². The number of rotatable bonds is 3. The predicted octanol–water partition coefficient (Wildman–Crippen LogP) is 3.45. The van der Waals surface area contributed by atoms with E-state index in [1.54, 1.807) is 0 Å². The number of hydrogen-bond acceptors (Lipinski definition) is 2. The van der Waals surface area contributed by atoms with Crippen LogP contribution >= 0.6 is 0 Å². The molecule has 0 saturated heterocycles. The van der Waals surface area contributed by atoms with E-state index in [2.05, 4.69) is 24.5 Å². The summed E-state index contributed by atoms with van der Waals surface area (Å²) in [6, 6.07) is 7.39. The van der Waals surface area contributed by atoms with Crippen molar-refractivity contribution < 1.29 is 9.90 Å². The van der Waals surface area contributed by atoms with Gasteiger partial charge in [-0.25, -0.2) is 4.79 Å². The molecule has 0 aliphatic heterocycles. The lowest BCUT2D eigenvalue weighted by atomic mass is 9.71. The van der Waals surface area contributed by atoms with E-state index in [0.29, 0.717) is 12.0 Å². The number of aliphatic hydroxyl groups is 1. The molecule has 116 valence electrons. The second-order valence-corrected chi connectivity index (χ2v) is 7.07. The fourth-order valence-corrected chi connectivity index (χ4v) is 2.71. The van der Waals surface area contributed by atoms with Crippen LogP contribution in [0.2, 0.25) is 0 Å². The van der Waals surface area contributed by atoms with Crippen LogP contribution in [0.3, 0.4) is 0 Å². The predicted molar refractivity (Wildman–Crippen MR) is 85.4 cm³/mol. The largest absolute Gasteiger partial charge is 0.388 e. The van der Waals surface area contributed by atoms with Crippen molar-refractivity contribution in [2.45, 2.75) is 52.1 Å². The van der Waals surface area contributed by atoms with Crippen LogP contribution in [0.25, 0.3) is 0 Å². The third kappa shape index (κ3) is 4.74. The van der Waals surface area contributed by atoms with Gasteiger partial charge in [-0.05, 0) is 55.7 Å². The molecule has 0 aromatic heterocycles. The first kappa shape index (κ1) is 15.8. The highest BCUT2D eigenvalue weighted by Crippen LogP contribution is 2.39. The van der Waals surface area contributed by atoms with Gasteiger partial charge < -0.3 is 15.7 Å². The number of anilines is 1. The summed E-state index contributed by atoms with van der Waals surface area (Å²) in [5.74, 6) is 0. The SMILES string of the molecule is Cc1cccc(NC(=O)NCC2(O)CCC(C)(C)CC2)c1. The molecule has 1 saturated carbocycles. The molecule has 0 unspecified atom stereocenters. The van der Waals surface area contributed by atoms with Gasteiger partial charge in [-0.3, -0.25) is 0 Å². The van der Waals surface area contributed by atoms with Gasteiger partial charge in [0.25, 0.3) is 0 Å². The van der Waals surface area contributed by atoms with Gasteiger partial charge in [0, 0.05) is 12.2 Å². The number of carbonyl (C=O) groups is 1. The minimum absolute atomic E-state index is 0.265. The van der Waals surface area contributed by atoms with Crippen molar-refractivity contribution in [2.24, 2.45) is 5.41 Å². The Hall–Kier alpha value is -1.55. The lowest BCUT2D eigenvalue weighted by molar-refractivity contribution is -0.0220. The van der Waals surface area contributed by atoms with Crippen LogP contribution in [0, 0.1) is 12.3 Å². The van der Waals surface area contributed by atoms with E-state index in [4.69, 9.17) is 0 Å². The quantitative estimate of drug-likeness (QED) is 0.798. The van der Waals surface area contributed by atoms with E-state index in [-0.39, 0.29) is 6.03 Å². The monoisotopic (exact) mass is 290 g/mol. The average molecular weight is 290 g/mol. The van der Waals surface area contributed by atoms with Crippen LogP contribution in [0.4, 0.5) is 10.5 Å². The van der Waals surface area contributed by atoms with Crippen LogP contribution in [0.15, 0.2) is 24.3 Å². The van der Waals surface area contributed by atoms with Gasteiger partial charge in [0.15, 0.2) is 0 Å². The zero-order valence-corrected chi connectivity index (χ0v) is 13.2. The first-order valence-corrected chi connectivity index (χ1v) is 7.62. The molecular formula is C17H26N2O2. The van der Waals surface area contributed by atoms with Gasteiger partial charge in [-0.15, -0.1) is 0 Å². The van der Waals surface area contributed by atoms with Crippen LogP contribution in [-0.4, -0.2) is 23.3 Å². The van der Waals surface area contributed by atoms with E-state index >= 15 is 0 Å². The van der Waals surface area contributed by atoms with Crippen molar-refractivity contribution in [3.05, 3.63) is 29.8 Å². The second-order valence-electron chi connectivity index (χ2n) is 7.07. The molecule has 0 heterocycles. The van der Waals surface area contributed by atoms with Crippen molar-refractivity contribution >= 4 is 11.7 Å². The molecule has 1 aliphatic rings. The van der Waals surface area contributed by atoms with E-state index in [1.807, 2.05) is 31.2 Å². The van der Waals surface area contributed by atoms with Crippen LogP contribution in [0.1, 0.15) is 45.1 Å². The van der Waals surface area contributed by atoms with Crippen molar-refractivity contribution in [1.82, 2.24) is 5.32 Å².